The number of ether oxygens (including phenoxy) is 1. The van der Waals surface area contributed by atoms with Crippen LogP contribution in [0.3, 0.4) is 0 Å². The van der Waals surface area contributed by atoms with Gasteiger partial charge in [-0.2, -0.15) is 9.57 Å². The van der Waals surface area contributed by atoms with E-state index in [9.17, 15) is 8.42 Å². The number of benzene rings is 2. The highest BCUT2D eigenvalue weighted by atomic mass is 32.2. The van der Waals surface area contributed by atoms with Gasteiger partial charge in [-0.15, -0.1) is 0 Å². The molecule has 1 aromatic heterocycles. The van der Waals surface area contributed by atoms with Crippen molar-refractivity contribution in [3.05, 3.63) is 83.8 Å². The Labute approximate surface area is 171 Å². The van der Waals surface area contributed by atoms with Gasteiger partial charge in [-0.25, -0.2) is 8.42 Å². The van der Waals surface area contributed by atoms with E-state index < -0.39 is 10.0 Å². The smallest absolute Gasteiger partial charge is 0.243 e. The lowest BCUT2D eigenvalue weighted by Crippen LogP contribution is -2.30. The third-order valence-electron chi connectivity index (χ3n) is 4.29. The summed E-state index contributed by atoms with van der Waals surface area (Å²) in [6.45, 7) is 2.95. The molecule has 0 spiro atoms. The molecule has 0 bridgehead atoms. The molecule has 1 heterocycles. The van der Waals surface area contributed by atoms with Gasteiger partial charge in [0.15, 0.2) is 0 Å². The van der Waals surface area contributed by atoms with Gasteiger partial charge in [0.05, 0.1) is 35.9 Å². The molecule has 0 atom stereocenters. The second-order valence-electron chi connectivity index (χ2n) is 6.48. The minimum absolute atomic E-state index is 0.101. The van der Waals surface area contributed by atoms with Crippen LogP contribution in [0.4, 0.5) is 0 Å². The zero-order chi connectivity index (χ0) is 20.7. The van der Waals surface area contributed by atoms with E-state index >= 15 is 0 Å². The molecule has 2 aromatic carbocycles. The van der Waals surface area contributed by atoms with Crippen molar-refractivity contribution in [3.63, 3.8) is 0 Å². The highest BCUT2D eigenvalue weighted by Gasteiger charge is 2.26. The third-order valence-corrected chi connectivity index (χ3v) is 6.09. The van der Waals surface area contributed by atoms with Gasteiger partial charge in [0.2, 0.25) is 10.0 Å². The number of hydrogen-bond acceptors (Lipinski definition) is 5. The first-order valence-electron chi connectivity index (χ1n) is 9.27. The molecular weight excluding hydrogens is 388 g/mol. The zero-order valence-electron chi connectivity index (χ0n) is 16.1. The molecule has 0 fully saturated rings. The van der Waals surface area contributed by atoms with Gasteiger partial charge in [0.1, 0.15) is 11.5 Å². The number of rotatable bonds is 9. The molecule has 0 unspecified atom stereocenters. The Kier molecular flexibility index (Phi) is 6.70. The first-order chi connectivity index (χ1) is 14.0. The van der Waals surface area contributed by atoms with Crippen LogP contribution in [-0.4, -0.2) is 19.3 Å². The molecule has 0 radical (unpaired) electrons. The maximum absolute atomic E-state index is 13.2. The fourth-order valence-corrected chi connectivity index (χ4v) is 4.16. The second kappa shape index (κ2) is 9.41. The van der Waals surface area contributed by atoms with E-state index in [2.05, 4.69) is 0 Å². The highest BCUT2D eigenvalue weighted by Crippen LogP contribution is 2.23. The van der Waals surface area contributed by atoms with Gasteiger partial charge in [-0.1, -0.05) is 19.1 Å². The minimum Gasteiger partial charge on any atom is -0.494 e. The molecule has 0 aliphatic heterocycles. The van der Waals surface area contributed by atoms with Crippen molar-refractivity contribution in [1.29, 1.82) is 5.26 Å². The fraction of sp³-hybridized carbons (Fsp3) is 0.227. The maximum atomic E-state index is 13.2. The molecule has 0 saturated carbocycles. The normalized spacial score (nSPS) is 11.3. The molecule has 0 N–H and O–H groups in total. The number of furan rings is 1. The van der Waals surface area contributed by atoms with Crippen molar-refractivity contribution >= 4 is 10.0 Å². The maximum Gasteiger partial charge on any atom is 0.243 e. The topological polar surface area (TPSA) is 83.5 Å². The Morgan fingerprint density at radius 2 is 1.76 bits per heavy atom. The number of nitriles is 1. The molecule has 0 amide bonds. The van der Waals surface area contributed by atoms with Gasteiger partial charge in [-0.3, -0.25) is 0 Å². The van der Waals surface area contributed by atoms with E-state index in [-0.39, 0.29) is 18.0 Å². The monoisotopic (exact) mass is 410 g/mol. The van der Waals surface area contributed by atoms with Crippen LogP contribution in [0.5, 0.6) is 5.75 Å². The standard InChI is InChI=1S/C22H22N2O4S/c1-2-13-27-20-9-5-19(6-10-20)16-24(17-21-4-3-14-28-21)29(25,26)22-11-7-18(15-23)8-12-22/h3-12,14H,2,13,16-17H2,1H3. The first-order valence-corrected chi connectivity index (χ1v) is 10.7. The Morgan fingerprint density at radius 1 is 1.03 bits per heavy atom. The average Bonchev–Trinajstić information content (AvgIpc) is 3.26. The largest absolute Gasteiger partial charge is 0.494 e. The van der Waals surface area contributed by atoms with E-state index in [4.69, 9.17) is 14.4 Å². The molecule has 7 heteroatoms. The summed E-state index contributed by atoms with van der Waals surface area (Å²) in [6.07, 6.45) is 2.43. The van der Waals surface area contributed by atoms with Crippen LogP contribution < -0.4 is 4.74 Å². The molecule has 6 nitrogen and oxygen atoms in total. The number of sulfonamides is 1. The van der Waals surface area contributed by atoms with Gasteiger partial charge in [0.25, 0.3) is 0 Å². The summed E-state index contributed by atoms with van der Waals surface area (Å²) >= 11 is 0. The van der Waals surface area contributed by atoms with Gasteiger partial charge in [-0.05, 0) is 60.5 Å². The van der Waals surface area contributed by atoms with Crippen LogP contribution in [0.15, 0.2) is 76.2 Å². The molecule has 0 aliphatic rings. The van der Waals surface area contributed by atoms with Crippen molar-refractivity contribution in [2.75, 3.05) is 6.61 Å². The summed E-state index contributed by atoms with van der Waals surface area (Å²) < 4.78 is 38.8. The van der Waals surface area contributed by atoms with E-state index in [1.807, 2.05) is 37.3 Å². The summed E-state index contributed by atoms with van der Waals surface area (Å²) in [5.74, 6) is 1.30. The Bertz CT molecular complexity index is 1050. The van der Waals surface area contributed by atoms with Crippen molar-refractivity contribution in [1.82, 2.24) is 4.31 Å². The van der Waals surface area contributed by atoms with Crippen LogP contribution in [0.25, 0.3) is 0 Å². The zero-order valence-corrected chi connectivity index (χ0v) is 16.9. The minimum atomic E-state index is -3.79. The lowest BCUT2D eigenvalue weighted by atomic mass is 10.2. The second-order valence-corrected chi connectivity index (χ2v) is 8.42. The summed E-state index contributed by atoms with van der Waals surface area (Å²) in [4.78, 5) is 0.131. The van der Waals surface area contributed by atoms with Gasteiger partial charge < -0.3 is 9.15 Å². The lowest BCUT2D eigenvalue weighted by Gasteiger charge is -2.21. The predicted molar refractivity (Wildman–Crippen MR) is 109 cm³/mol. The van der Waals surface area contributed by atoms with Crippen LogP contribution in [0, 0.1) is 11.3 Å². The summed E-state index contributed by atoms with van der Waals surface area (Å²) in [5.41, 5.74) is 1.24. The van der Waals surface area contributed by atoms with E-state index in [0.29, 0.717) is 17.9 Å². The molecular formula is C22H22N2O4S. The van der Waals surface area contributed by atoms with Crippen LogP contribution in [0.1, 0.15) is 30.2 Å². The molecule has 3 rings (SSSR count). The molecule has 0 aliphatic carbocycles. The highest BCUT2D eigenvalue weighted by molar-refractivity contribution is 7.89. The van der Waals surface area contributed by atoms with Crippen molar-refractivity contribution < 1.29 is 17.6 Å². The summed E-state index contributed by atoms with van der Waals surface area (Å²) in [6, 6.07) is 18.7. The van der Waals surface area contributed by atoms with E-state index in [1.165, 1.54) is 34.8 Å². The average molecular weight is 410 g/mol. The molecule has 29 heavy (non-hydrogen) atoms. The van der Waals surface area contributed by atoms with Crippen LogP contribution in [0.2, 0.25) is 0 Å². The van der Waals surface area contributed by atoms with E-state index in [1.54, 1.807) is 12.1 Å². The van der Waals surface area contributed by atoms with Crippen molar-refractivity contribution in [2.24, 2.45) is 0 Å². The number of nitrogens with zero attached hydrogens (tertiary/aromatic N) is 2. The Morgan fingerprint density at radius 3 is 2.34 bits per heavy atom. The summed E-state index contributed by atoms with van der Waals surface area (Å²) in [7, 11) is -3.79. The Balaban J connectivity index is 1.86. The molecule has 150 valence electrons. The van der Waals surface area contributed by atoms with Crippen LogP contribution >= 0.6 is 0 Å². The lowest BCUT2D eigenvalue weighted by molar-refractivity contribution is 0.317. The van der Waals surface area contributed by atoms with Gasteiger partial charge in [0, 0.05) is 6.54 Å². The quantitative estimate of drug-likeness (QED) is 0.524. The molecule has 0 saturated heterocycles. The van der Waals surface area contributed by atoms with Crippen molar-refractivity contribution in [3.8, 4) is 11.8 Å². The molecule has 3 aromatic rings. The van der Waals surface area contributed by atoms with Crippen molar-refractivity contribution in [2.45, 2.75) is 31.3 Å². The first kappa shape index (κ1) is 20.6. The SMILES string of the molecule is CCCOc1ccc(CN(Cc2ccco2)S(=O)(=O)c2ccc(C#N)cc2)cc1. The summed E-state index contributed by atoms with van der Waals surface area (Å²) in [5, 5.41) is 8.95. The fourth-order valence-electron chi connectivity index (χ4n) is 2.77. The van der Waals surface area contributed by atoms with Crippen LogP contribution in [-0.2, 0) is 23.1 Å². The van der Waals surface area contributed by atoms with Gasteiger partial charge >= 0.3 is 0 Å². The third kappa shape index (κ3) is 5.25. The Hall–Kier alpha value is -3.08. The predicted octanol–water partition coefficient (Wildman–Crippen LogP) is 4.33. The number of hydrogen-bond donors (Lipinski definition) is 0. The van der Waals surface area contributed by atoms with E-state index in [0.717, 1.165) is 17.7 Å².